The van der Waals surface area contributed by atoms with E-state index in [1.165, 1.54) is 11.1 Å². The molecule has 0 saturated heterocycles. The monoisotopic (exact) mass is 436 g/mol. The summed E-state index contributed by atoms with van der Waals surface area (Å²) in [6.07, 6.45) is -5.16. The molecule has 1 heterocycles. The van der Waals surface area contributed by atoms with Gasteiger partial charge in [-0.25, -0.2) is 4.98 Å². The van der Waals surface area contributed by atoms with Crippen molar-refractivity contribution < 1.29 is 13.2 Å². The molecule has 0 aliphatic rings. The third-order valence-electron chi connectivity index (χ3n) is 5.74. The zero-order valence-electron chi connectivity index (χ0n) is 18.7. The van der Waals surface area contributed by atoms with Crippen molar-refractivity contribution in [3.05, 3.63) is 83.4 Å². The standard InChI is InChI=1S/C27H27F3N2/c1-17(2)21-8-7-9-22(18(3)4)25(21)32-24-11-6-5-10-23(24)31-26(32)20-14-12-19(13-15-20)16-27(28,29)30/h5-15,17-18H,16H2,1-4H3. The number of para-hydroxylation sites is 3. The number of fused-ring (bicyclic) bond motifs is 1. The lowest BCUT2D eigenvalue weighted by atomic mass is 9.92. The summed E-state index contributed by atoms with van der Waals surface area (Å²) in [5.41, 5.74) is 6.42. The number of nitrogens with zero attached hydrogens (tertiary/aromatic N) is 2. The van der Waals surface area contributed by atoms with Crippen molar-refractivity contribution >= 4 is 11.0 Å². The summed E-state index contributed by atoms with van der Waals surface area (Å²) < 4.78 is 40.6. The SMILES string of the molecule is CC(C)c1cccc(C(C)C)c1-n1c(-c2ccc(CC(F)(F)F)cc2)nc2ccccc21. The maximum absolute atomic E-state index is 12.8. The Hall–Kier alpha value is -3.08. The molecule has 4 aromatic rings. The van der Waals surface area contributed by atoms with Crippen LogP contribution in [0.1, 0.15) is 56.2 Å². The smallest absolute Gasteiger partial charge is 0.292 e. The van der Waals surface area contributed by atoms with Gasteiger partial charge in [0.25, 0.3) is 0 Å². The summed E-state index contributed by atoms with van der Waals surface area (Å²) in [5, 5.41) is 0. The van der Waals surface area contributed by atoms with Crippen LogP contribution in [0.4, 0.5) is 13.2 Å². The second-order valence-electron chi connectivity index (χ2n) is 8.84. The van der Waals surface area contributed by atoms with Crippen LogP contribution in [0.2, 0.25) is 0 Å². The van der Waals surface area contributed by atoms with Gasteiger partial charge in [-0.15, -0.1) is 0 Å². The zero-order chi connectivity index (χ0) is 23.0. The van der Waals surface area contributed by atoms with Crippen LogP contribution in [0, 0.1) is 0 Å². The third-order valence-corrected chi connectivity index (χ3v) is 5.74. The predicted octanol–water partition coefficient (Wildman–Crippen LogP) is 8.04. The molecule has 0 atom stereocenters. The third kappa shape index (κ3) is 4.29. The molecule has 4 rings (SSSR count). The molecule has 0 saturated carbocycles. The normalized spacial score (nSPS) is 12.3. The highest BCUT2D eigenvalue weighted by molar-refractivity contribution is 5.84. The van der Waals surface area contributed by atoms with Crippen LogP contribution in [0.15, 0.2) is 66.7 Å². The number of hydrogen-bond donors (Lipinski definition) is 0. The van der Waals surface area contributed by atoms with Crippen molar-refractivity contribution in [3.8, 4) is 17.1 Å². The Morgan fingerprint density at radius 1 is 0.781 bits per heavy atom. The van der Waals surface area contributed by atoms with E-state index >= 15 is 0 Å². The molecule has 32 heavy (non-hydrogen) atoms. The van der Waals surface area contributed by atoms with E-state index in [4.69, 9.17) is 4.98 Å². The van der Waals surface area contributed by atoms with Gasteiger partial charge >= 0.3 is 6.18 Å². The van der Waals surface area contributed by atoms with Gasteiger partial charge in [0, 0.05) is 5.56 Å². The molecule has 0 aliphatic heterocycles. The van der Waals surface area contributed by atoms with Gasteiger partial charge in [0.05, 0.1) is 23.1 Å². The number of imidazole rings is 1. The van der Waals surface area contributed by atoms with E-state index in [1.807, 2.05) is 24.3 Å². The number of benzene rings is 3. The lowest BCUT2D eigenvalue weighted by Crippen LogP contribution is -2.11. The Morgan fingerprint density at radius 3 is 1.94 bits per heavy atom. The van der Waals surface area contributed by atoms with E-state index in [2.05, 4.69) is 50.5 Å². The minimum absolute atomic E-state index is 0.245. The van der Waals surface area contributed by atoms with E-state index in [1.54, 1.807) is 24.3 Å². The molecule has 0 fully saturated rings. The zero-order valence-corrected chi connectivity index (χ0v) is 18.7. The molecule has 2 nitrogen and oxygen atoms in total. The molecule has 0 amide bonds. The Kier molecular flexibility index (Phi) is 5.85. The Balaban J connectivity index is 1.98. The molecule has 3 aromatic carbocycles. The summed E-state index contributed by atoms with van der Waals surface area (Å²) in [4.78, 5) is 4.91. The van der Waals surface area contributed by atoms with Crippen LogP contribution in [0.25, 0.3) is 28.1 Å². The molecule has 0 N–H and O–H groups in total. The molecule has 0 aliphatic carbocycles. The number of hydrogen-bond acceptors (Lipinski definition) is 1. The second-order valence-corrected chi connectivity index (χ2v) is 8.84. The fourth-order valence-electron chi connectivity index (χ4n) is 4.22. The maximum atomic E-state index is 12.8. The van der Waals surface area contributed by atoms with Gasteiger partial charge in [-0.2, -0.15) is 13.2 Å². The molecule has 0 spiro atoms. The van der Waals surface area contributed by atoms with E-state index < -0.39 is 12.6 Å². The van der Waals surface area contributed by atoms with Crippen LogP contribution in [0.3, 0.4) is 0 Å². The quantitative estimate of drug-likeness (QED) is 0.309. The number of rotatable bonds is 5. The highest BCUT2D eigenvalue weighted by Crippen LogP contribution is 2.37. The number of halogens is 3. The van der Waals surface area contributed by atoms with Gasteiger partial charge in [-0.1, -0.05) is 82.3 Å². The first-order chi connectivity index (χ1) is 15.2. The molecule has 0 bridgehead atoms. The predicted molar refractivity (Wildman–Crippen MR) is 124 cm³/mol. The van der Waals surface area contributed by atoms with Gasteiger partial charge in [-0.3, -0.25) is 4.57 Å². The Labute approximate surface area is 186 Å². The summed E-state index contributed by atoms with van der Waals surface area (Å²) in [6, 6.07) is 20.9. The summed E-state index contributed by atoms with van der Waals surface area (Å²) in [7, 11) is 0. The van der Waals surface area contributed by atoms with Gasteiger partial charge in [0.2, 0.25) is 0 Å². The Morgan fingerprint density at radius 2 is 1.38 bits per heavy atom. The van der Waals surface area contributed by atoms with E-state index in [0.717, 1.165) is 28.1 Å². The van der Waals surface area contributed by atoms with E-state index in [0.29, 0.717) is 11.8 Å². The topological polar surface area (TPSA) is 17.8 Å². The van der Waals surface area contributed by atoms with Crippen LogP contribution in [-0.2, 0) is 6.42 Å². The molecule has 0 radical (unpaired) electrons. The number of aromatic nitrogens is 2. The largest absolute Gasteiger partial charge is 0.393 e. The van der Waals surface area contributed by atoms with Crippen molar-refractivity contribution in [2.45, 2.75) is 52.1 Å². The van der Waals surface area contributed by atoms with Crippen molar-refractivity contribution in [2.75, 3.05) is 0 Å². The van der Waals surface area contributed by atoms with Crippen LogP contribution in [0.5, 0.6) is 0 Å². The average molecular weight is 437 g/mol. The first kappa shape index (κ1) is 22.1. The minimum atomic E-state index is -4.23. The van der Waals surface area contributed by atoms with E-state index in [-0.39, 0.29) is 5.56 Å². The van der Waals surface area contributed by atoms with Gasteiger partial charge in [-0.05, 0) is 40.7 Å². The summed E-state index contributed by atoms with van der Waals surface area (Å²) >= 11 is 0. The summed E-state index contributed by atoms with van der Waals surface area (Å²) in [5.74, 6) is 1.33. The minimum Gasteiger partial charge on any atom is -0.292 e. The molecular formula is C27H27F3N2. The van der Waals surface area contributed by atoms with Gasteiger partial charge < -0.3 is 0 Å². The molecule has 1 aromatic heterocycles. The maximum Gasteiger partial charge on any atom is 0.393 e. The van der Waals surface area contributed by atoms with Crippen LogP contribution in [-0.4, -0.2) is 15.7 Å². The lowest BCUT2D eigenvalue weighted by Gasteiger charge is -2.22. The lowest BCUT2D eigenvalue weighted by molar-refractivity contribution is -0.127. The molecule has 166 valence electrons. The average Bonchev–Trinajstić information content (AvgIpc) is 3.11. The fourth-order valence-corrected chi connectivity index (χ4v) is 4.22. The number of alkyl halides is 3. The van der Waals surface area contributed by atoms with Gasteiger partial charge in [0.1, 0.15) is 5.82 Å². The fraction of sp³-hybridized carbons (Fsp3) is 0.296. The first-order valence-electron chi connectivity index (χ1n) is 10.9. The molecule has 5 heteroatoms. The molecular weight excluding hydrogens is 409 g/mol. The first-order valence-corrected chi connectivity index (χ1v) is 10.9. The van der Waals surface area contributed by atoms with Crippen molar-refractivity contribution in [3.63, 3.8) is 0 Å². The molecule has 0 unspecified atom stereocenters. The highest BCUT2D eigenvalue weighted by atomic mass is 19.4. The van der Waals surface area contributed by atoms with Crippen molar-refractivity contribution in [2.24, 2.45) is 0 Å². The van der Waals surface area contributed by atoms with Crippen molar-refractivity contribution in [1.82, 2.24) is 9.55 Å². The second kappa shape index (κ2) is 8.45. The highest BCUT2D eigenvalue weighted by Gasteiger charge is 2.27. The van der Waals surface area contributed by atoms with E-state index in [9.17, 15) is 13.2 Å². The van der Waals surface area contributed by atoms with Crippen LogP contribution >= 0.6 is 0 Å². The van der Waals surface area contributed by atoms with Crippen molar-refractivity contribution in [1.29, 1.82) is 0 Å². The van der Waals surface area contributed by atoms with Crippen LogP contribution < -0.4 is 0 Å². The van der Waals surface area contributed by atoms with Gasteiger partial charge in [0.15, 0.2) is 0 Å². The summed E-state index contributed by atoms with van der Waals surface area (Å²) in [6.45, 7) is 8.70. The Bertz CT molecular complexity index is 1210.